The molecule has 2 atom stereocenters. The summed E-state index contributed by atoms with van der Waals surface area (Å²) in [6.45, 7) is 2.49. The number of hydrogen-bond acceptors (Lipinski definition) is 5. The smallest absolute Gasteiger partial charge is 0.243 e. The molecule has 1 aliphatic rings. The Kier molecular flexibility index (Phi) is 6.99. The molecule has 0 spiro atoms. The fourth-order valence-corrected chi connectivity index (χ4v) is 5.20. The molecule has 2 aromatic carbocycles. The average Bonchev–Trinajstić information content (AvgIpc) is 2.79. The van der Waals surface area contributed by atoms with E-state index >= 15 is 0 Å². The topological polar surface area (TPSA) is 84.9 Å². The Morgan fingerprint density at radius 3 is 2.47 bits per heavy atom. The third kappa shape index (κ3) is 4.76. The van der Waals surface area contributed by atoms with Crippen molar-refractivity contribution in [3.8, 4) is 11.5 Å². The zero-order chi connectivity index (χ0) is 21.7. The highest BCUT2D eigenvalue weighted by Crippen LogP contribution is 2.30. The van der Waals surface area contributed by atoms with Crippen molar-refractivity contribution in [3.05, 3.63) is 54.1 Å². The van der Waals surface area contributed by atoms with Crippen molar-refractivity contribution in [2.24, 2.45) is 5.92 Å². The largest absolute Gasteiger partial charge is 0.493 e. The van der Waals surface area contributed by atoms with Crippen LogP contribution in [0.5, 0.6) is 11.5 Å². The number of hydrogen-bond donors (Lipinski definition) is 1. The summed E-state index contributed by atoms with van der Waals surface area (Å²) in [4.78, 5) is 13.1. The Hall–Kier alpha value is -2.58. The van der Waals surface area contributed by atoms with Crippen LogP contribution in [0.25, 0.3) is 0 Å². The molecule has 162 valence electrons. The number of nitrogens with one attached hydrogen (secondary N) is 1. The number of ether oxygens (including phenoxy) is 2. The first kappa shape index (κ1) is 22.1. The zero-order valence-electron chi connectivity index (χ0n) is 17.5. The number of amides is 1. The van der Waals surface area contributed by atoms with Gasteiger partial charge in [-0.15, -0.1) is 0 Å². The summed E-state index contributed by atoms with van der Waals surface area (Å²) in [5.74, 6) is 0.674. The molecule has 2 aromatic rings. The first-order valence-electron chi connectivity index (χ1n) is 9.94. The highest BCUT2D eigenvalue weighted by atomic mass is 32.2. The maximum Gasteiger partial charge on any atom is 0.243 e. The molecule has 0 radical (unpaired) electrons. The third-order valence-corrected chi connectivity index (χ3v) is 7.28. The van der Waals surface area contributed by atoms with Gasteiger partial charge in [-0.05, 0) is 49.6 Å². The summed E-state index contributed by atoms with van der Waals surface area (Å²) in [6.07, 6.45) is 1.31. The molecule has 3 rings (SSSR count). The summed E-state index contributed by atoms with van der Waals surface area (Å²) in [5, 5.41) is 3.01. The fraction of sp³-hybridized carbons (Fsp3) is 0.409. The van der Waals surface area contributed by atoms with Gasteiger partial charge in [-0.3, -0.25) is 4.79 Å². The first-order valence-corrected chi connectivity index (χ1v) is 11.4. The first-order chi connectivity index (χ1) is 14.4. The number of carbonyl (C=O) groups is 1. The third-order valence-electron chi connectivity index (χ3n) is 5.40. The highest BCUT2D eigenvalue weighted by molar-refractivity contribution is 7.89. The number of carbonyl (C=O) groups excluding carboxylic acids is 1. The van der Waals surface area contributed by atoms with Crippen LogP contribution in [0.4, 0.5) is 0 Å². The van der Waals surface area contributed by atoms with Crippen LogP contribution in [-0.4, -0.2) is 45.9 Å². The van der Waals surface area contributed by atoms with Crippen LogP contribution < -0.4 is 14.8 Å². The predicted molar refractivity (Wildman–Crippen MR) is 114 cm³/mol. The van der Waals surface area contributed by atoms with Gasteiger partial charge in [0.1, 0.15) is 0 Å². The van der Waals surface area contributed by atoms with Crippen LogP contribution in [0, 0.1) is 5.92 Å². The molecular weight excluding hydrogens is 404 g/mol. The van der Waals surface area contributed by atoms with Crippen molar-refractivity contribution >= 4 is 15.9 Å². The van der Waals surface area contributed by atoms with Crippen LogP contribution in [0.1, 0.15) is 31.4 Å². The fourth-order valence-electron chi connectivity index (χ4n) is 3.65. The average molecular weight is 433 g/mol. The molecule has 0 aromatic heterocycles. The molecule has 0 saturated carbocycles. The lowest BCUT2D eigenvalue weighted by atomic mass is 9.98. The molecule has 0 bridgehead atoms. The van der Waals surface area contributed by atoms with Crippen LogP contribution in [0.2, 0.25) is 0 Å². The number of rotatable bonds is 7. The molecule has 30 heavy (non-hydrogen) atoms. The van der Waals surface area contributed by atoms with E-state index in [4.69, 9.17) is 9.47 Å². The number of sulfonamides is 1. The van der Waals surface area contributed by atoms with Crippen molar-refractivity contribution in [2.45, 2.75) is 30.7 Å². The Labute approximate surface area is 178 Å². The van der Waals surface area contributed by atoms with Gasteiger partial charge >= 0.3 is 0 Å². The molecular formula is C22H28N2O5S. The Morgan fingerprint density at radius 2 is 1.80 bits per heavy atom. The van der Waals surface area contributed by atoms with Crippen molar-refractivity contribution in [2.75, 3.05) is 27.3 Å². The maximum absolute atomic E-state index is 12.9. The lowest BCUT2D eigenvalue weighted by Gasteiger charge is -2.32. The standard InChI is InChI=1S/C22H28N2O5S/c1-16(17-11-12-20(28-2)21(14-17)29-3)23-22(25)18-8-7-13-24(15-18)30(26,27)19-9-5-4-6-10-19/h4-6,9-12,14,16,18H,7-8,13,15H2,1-3H3,(H,23,25)/t16-,18+/m1/s1. The molecule has 1 amide bonds. The van der Waals surface area contributed by atoms with Crippen LogP contribution >= 0.6 is 0 Å². The van der Waals surface area contributed by atoms with Crippen molar-refractivity contribution in [1.29, 1.82) is 0 Å². The molecule has 1 aliphatic heterocycles. The van der Waals surface area contributed by atoms with E-state index in [1.807, 2.05) is 19.1 Å². The molecule has 1 heterocycles. The van der Waals surface area contributed by atoms with E-state index in [2.05, 4.69) is 5.32 Å². The number of methoxy groups -OCH3 is 2. The van der Waals surface area contributed by atoms with Crippen LogP contribution in [0.15, 0.2) is 53.4 Å². The van der Waals surface area contributed by atoms with Gasteiger partial charge in [0.05, 0.1) is 31.1 Å². The lowest BCUT2D eigenvalue weighted by Crippen LogP contribution is -2.45. The Balaban J connectivity index is 1.68. The summed E-state index contributed by atoms with van der Waals surface area (Å²) in [7, 11) is -0.468. The predicted octanol–water partition coefficient (Wildman–Crippen LogP) is 2.98. The van der Waals surface area contributed by atoms with Crippen molar-refractivity contribution < 1.29 is 22.7 Å². The van der Waals surface area contributed by atoms with E-state index in [1.54, 1.807) is 50.6 Å². The summed E-state index contributed by atoms with van der Waals surface area (Å²) < 4.78 is 37.8. The van der Waals surface area contributed by atoms with Gasteiger partial charge in [-0.2, -0.15) is 4.31 Å². The van der Waals surface area contributed by atoms with Crippen molar-refractivity contribution in [1.82, 2.24) is 9.62 Å². The molecule has 1 fully saturated rings. The Bertz CT molecular complexity index is 978. The van der Waals surface area contributed by atoms with E-state index < -0.39 is 10.0 Å². The number of nitrogens with zero attached hydrogens (tertiary/aromatic N) is 1. The van der Waals surface area contributed by atoms with Crippen LogP contribution in [-0.2, 0) is 14.8 Å². The second kappa shape index (κ2) is 9.49. The maximum atomic E-state index is 12.9. The second-order valence-corrected chi connectivity index (χ2v) is 9.30. The van der Waals surface area contributed by atoms with Gasteiger partial charge in [0.25, 0.3) is 0 Å². The van der Waals surface area contributed by atoms with E-state index in [-0.39, 0.29) is 29.3 Å². The number of piperidine rings is 1. The number of benzene rings is 2. The summed E-state index contributed by atoms with van der Waals surface area (Å²) in [5.41, 5.74) is 0.880. The summed E-state index contributed by atoms with van der Waals surface area (Å²) in [6, 6.07) is 13.6. The highest BCUT2D eigenvalue weighted by Gasteiger charge is 2.33. The van der Waals surface area contributed by atoms with Gasteiger partial charge in [0.15, 0.2) is 11.5 Å². The minimum absolute atomic E-state index is 0.148. The van der Waals surface area contributed by atoms with E-state index in [0.717, 1.165) is 5.56 Å². The van der Waals surface area contributed by atoms with Gasteiger partial charge in [-0.1, -0.05) is 24.3 Å². The van der Waals surface area contributed by atoms with Gasteiger partial charge < -0.3 is 14.8 Å². The zero-order valence-corrected chi connectivity index (χ0v) is 18.3. The second-order valence-electron chi connectivity index (χ2n) is 7.36. The van der Waals surface area contributed by atoms with E-state index in [9.17, 15) is 13.2 Å². The molecule has 1 saturated heterocycles. The molecule has 0 aliphatic carbocycles. The SMILES string of the molecule is COc1ccc([C@@H](C)NC(=O)[C@H]2CCCN(S(=O)(=O)c3ccccc3)C2)cc1OC. The van der Waals surface area contributed by atoms with Gasteiger partial charge in [0.2, 0.25) is 15.9 Å². The minimum Gasteiger partial charge on any atom is -0.493 e. The lowest BCUT2D eigenvalue weighted by molar-refractivity contribution is -0.126. The van der Waals surface area contributed by atoms with Crippen LogP contribution in [0.3, 0.4) is 0 Å². The molecule has 8 heteroatoms. The normalized spacial score (nSPS) is 18.4. The van der Waals surface area contributed by atoms with E-state index in [1.165, 1.54) is 4.31 Å². The quantitative estimate of drug-likeness (QED) is 0.727. The monoisotopic (exact) mass is 432 g/mol. The molecule has 0 unspecified atom stereocenters. The van der Waals surface area contributed by atoms with Crippen molar-refractivity contribution in [3.63, 3.8) is 0 Å². The minimum atomic E-state index is -3.60. The van der Waals surface area contributed by atoms with Gasteiger partial charge in [-0.25, -0.2) is 8.42 Å². The summed E-state index contributed by atoms with van der Waals surface area (Å²) >= 11 is 0. The Morgan fingerprint density at radius 1 is 1.10 bits per heavy atom. The van der Waals surface area contributed by atoms with E-state index in [0.29, 0.717) is 30.9 Å². The molecule has 1 N–H and O–H groups in total. The molecule has 7 nitrogen and oxygen atoms in total. The van der Waals surface area contributed by atoms with Gasteiger partial charge in [0, 0.05) is 13.1 Å².